The number of unbranched alkanes of at least 4 members (excludes halogenated alkanes) is 8. The first-order valence-corrected chi connectivity index (χ1v) is 15.5. The molecule has 0 heterocycles. The van der Waals surface area contributed by atoms with E-state index in [0.717, 1.165) is 51.4 Å². The summed E-state index contributed by atoms with van der Waals surface area (Å²) in [6.45, 7) is -0.717. The second kappa shape index (κ2) is 47.1. The predicted molar refractivity (Wildman–Crippen MR) is 169 cm³/mol. The Hall–Kier alpha value is -1.31. The van der Waals surface area contributed by atoms with Crippen molar-refractivity contribution >= 4 is 5.97 Å². The van der Waals surface area contributed by atoms with Crippen LogP contribution in [0.2, 0.25) is 0 Å². The summed E-state index contributed by atoms with van der Waals surface area (Å²) in [6.07, 6.45) is 13.5. The van der Waals surface area contributed by atoms with Gasteiger partial charge in [0.05, 0.1) is 59.0 Å². The van der Waals surface area contributed by atoms with Crippen LogP contribution in [0.15, 0.2) is 12.2 Å². The number of allylic oxidation sites excluding steroid dienone is 1. The number of hydrogen-bond donors (Lipinski definition) is 14. The Labute approximate surface area is 268 Å². The van der Waals surface area contributed by atoms with Gasteiger partial charge in [0, 0.05) is 6.42 Å². The maximum atomic E-state index is 10.3. The number of aliphatic hydroxyl groups is 13. The molecule has 0 saturated carbocycles. The first-order chi connectivity index (χ1) is 21.4. The third-order valence-electron chi connectivity index (χ3n) is 5.41. The standard InChI is InChI=1S/C18H34O3.4C3H8O3/c1-2-3-4-11-14-17(19)15-12-9-7-5-6-8-10-13-16-18(20)21;4*4-1-3(6)2-5/h9,12,17,19H,2-8,10-11,13-16H2,1H3,(H,20,21);4*3-6H,1-2H2/b12-9-;;;;. The second-order valence-electron chi connectivity index (χ2n) is 9.99. The summed E-state index contributed by atoms with van der Waals surface area (Å²) in [5.41, 5.74) is 0. The van der Waals surface area contributed by atoms with Crippen LogP contribution in [-0.4, -0.2) is 161 Å². The molecule has 0 radical (unpaired) electrons. The van der Waals surface area contributed by atoms with Crippen LogP contribution in [0.3, 0.4) is 0 Å². The SMILES string of the molecule is CCCCCCC(O)C/C=C\CCCCCCCC(=O)O.OCC(O)CO.OCC(O)CO.OCC(O)CO.OCC(O)CO. The highest BCUT2D eigenvalue weighted by Gasteiger charge is 2.01. The smallest absolute Gasteiger partial charge is 0.303 e. The minimum absolute atomic E-state index is 0.172. The molecule has 0 bridgehead atoms. The molecule has 0 aliphatic carbocycles. The molecule has 15 heteroatoms. The van der Waals surface area contributed by atoms with Gasteiger partial charge in [0.2, 0.25) is 0 Å². The Bertz CT molecular complexity index is 499. The number of aliphatic carboxylic acids is 1. The summed E-state index contributed by atoms with van der Waals surface area (Å²) in [5, 5.41) is 114. The van der Waals surface area contributed by atoms with Crippen LogP contribution < -0.4 is 0 Å². The van der Waals surface area contributed by atoms with Crippen LogP contribution in [-0.2, 0) is 4.79 Å². The Morgan fingerprint density at radius 3 is 1.18 bits per heavy atom. The molecule has 45 heavy (non-hydrogen) atoms. The van der Waals surface area contributed by atoms with Gasteiger partial charge in [-0.05, 0) is 32.1 Å². The Kier molecular flexibility index (Phi) is 55.7. The van der Waals surface area contributed by atoms with Gasteiger partial charge in [-0.15, -0.1) is 0 Å². The summed E-state index contributed by atoms with van der Waals surface area (Å²) in [5.74, 6) is -0.689. The molecule has 1 unspecified atom stereocenters. The predicted octanol–water partition coefficient (Wildman–Crippen LogP) is -1.59. The van der Waals surface area contributed by atoms with E-state index in [1.54, 1.807) is 0 Å². The van der Waals surface area contributed by atoms with E-state index in [9.17, 15) is 9.90 Å². The van der Waals surface area contributed by atoms with Crippen molar-refractivity contribution in [1.29, 1.82) is 0 Å². The molecule has 0 aromatic heterocycles. The first-order valence-electron chi connectivity index (χ1n) is 15.5. The highest BCUT2D eigenvalue weighted by molar-refractivity contribution is 5.66. The Balaban J connectivity index is -0.000000179. The fourth-order valence-corrected chi connectivity index (χ4v) is 2.60. The largest absolute Gasteiger partial charge is 0.481 e. The van der Waals surface area contributed by atoms with Crippen LogP contribution in [0.4, 0.5) is 0 Å². The van der Waals surface area contributed by atoms with E-state index in [2.05, 4.69) is 19.1 Å². The van der Waals surface area contributed by atoms with E-state index in [4.69, 9.17) is 66.4 Å². The highest BCUT2D eigenvalue weighted by atomic mass is 16.4. The van der Waals surface area contributed by atoms with Gasteiger partial charge in [0.25, 0.3) is 0 Å². The normalized spacial score (nSPS) is 11.3. The number of aliphatic hydroxyl groups excluding tert-OH is 13. The zero-order chi connectivity index (χ0) is 35.7. The van der Waals surface area contributed by atoms with E-state index >= 15 is 0 Å². The number of carbonyl (C=O) groups is 1. The van der Waals surface area contributed by atoms with E-state index in [1.165, 1.54) is 25.7 Å². The van der Waals surface area contributed by atoms with Gasteiger partial charge in [-0.3, -0.25) is 4.79 Å². The van der Waals surface area contributed by atoms with Gasteiger partial charge < -0.3 is 71.5 Å². The number of hydrogen-bond acceptors (Lipinski definition) is 14. The average Bonchev–Trinajstić information content (AvgIpc) is 3.06. The van der Waals surface area contributed by atoms with Gasteiger partial charge in [0.15, 0.2) is 0 Å². The molecule has 1 atom stereocenters. The van der Waals surface area contributed by atoms with Gasteiger partial charge in [-0.25, -0.2) is 0 Å². The van der Waals surface area contributed by atoms with Crippen molar-refractivity contribution in [3.63, 3.8) is 0 Å². The second-order valence-corrected chi connectivity index (χ2v) is 9.99. The highest BCUT2D eigenvalue weighted by Crippen LogP contribution is 2.10. The van der Waals surface area contributed by atoms with Crippen molar-refractivity contribution < 1.29 is 76.3 Å². The summed E-state index contributed by atoms with van der Waals surface area (Å²) in [6, 6.07) is 0. The van der Waals surface area contributed by atoms with Crippen molar-refractivity contribution in [2.75, 3.05) is 52.9 Å². The topological polar surface area (TPSA) is 300 Å². The zero-order valence-electron chi connectivity index (χ0n) is 27.1. The van der Waals surface area contributed by atoms with Gasteiger partial charge in [-0.1, -0.05) is 64.0 Å². The molecule has 276 valence electrons. The quantitative estimate of drug-likeness (QED) is 0.0432. The van der Waals surface area contributed by atoms with Crippen molar-refractivity contribution in [3.05, 3.63) is 12.2 Å². The molecule has 14 N–H and O–H groups in total. The van der Waals surface area contributed by atoms with Gasteiger partial charge in [-0.2, -0.15) is 0 Å². The molecule has 0 aliphatic rings. The van der Waals surface area contributed by atoms with E-state index in [-0.39, 0.29) is 59.0 Å². The third-order valence-corrected chi connectivity index (χ3v) is 5.41. The van der Waals surface area contributed by atoms with Crippen LogP contribution in [0, 0.1) is 0 Å². The monoisotopic (exact) mass is 666 g/mol. The number of rotatable bonds is 23. The summed E-state index contributed by atoms with van der Waals surface area (Å²) in [7, 11) is 0. The summed E-state index contributed by atoms with van der Waals surface area (Å²) < 4.78 is 0. The molecule has 0 saturated heterocycles. The Morgan fingerprint density at radius 2 is 0.844 bits per heavy atom. The lowest BCUT2D eigenvalue weighted by molar-refractivity contribution is -0.137. The zero-order valence-corrected chi connectivity index (χ0v) is 27.1. The van der Waals surface area contributed by atoms with E-state index in [0.29, 0.717) is 6.42 Å². The average molecular weight is 667 g/mol. The van der Waals surface area contributed by atoms with Crippen LogP contribution in [0.1, 0.15) is 90.4 Å². The van der Waals surface area contributed by atoms with Crippen LogP contribution in [0.25, 0.3) is 0 Å². The van der Waals surface area contributed by atoms with Gasteiger partial charge >= 0.3 is 5.97 Å². The van der Waals surface area contributed by atoms with Crippen molar-refractivity contribution in [1.82, 2.24) is 0 Å². The first kappa shape index (κ1) is 53.2. The van der Waals surface area contributed by atoms with Crippen molar-refractivity contribution in [3.8, 4) is 0 Å². The van der Waals surface area contributed by atoms with Crippen molar-refractivity contribution in [2.24, 2.45) is 0 Å². The molecular formula is C30H66O15. The lowest BCUT2D eigenvalue weighted by Crippen LogP contribution is -2.15. The number of carboxylic acid groups (broad SMARTS) is 1. The molecule has 15 nitrogen and oxygen atoms in total. The fraction of sp³-hybridized carbons (Fsp3) is 0.900. The summed E-state index contributed by atoms with van der Waals surface area (Å²) in [4.78, 5) is 10.3. The van der Waals surface area contributed by atoms with E-state index < -0.39 is 30.4 Å². The molecular weight excluding hydrogens is 600 g/mol. The Morgan fingerprint density at radius 1 is 0.489 bits per heavy atom. The minimum Gasteiger partial charge on any atom is -0.481 e. The molecule has 0 rings (SSSR count). The third kappa shape index (κ3) is 62.3. The lowest BCUT2D eigenvalue weighted by Gasteiger charge is -2.07. The summed E-state index contributed by atoms with van der Waals surface area (Å²) >= 11 is 0. The minimum atomic E-state index is -0.954. The van der Waals surface area contributed by atoms with E-state index in [1.807, 2.05) is 0 Å². The maximum absolute atomic E-state index is 10.3. The molecule has 0 aromatic carbocycles. The van der Waals surface area contributed by atoms with Crippen LogP contribution in [0.5, 0.6) is 0 Å². The number of carboxylic acids is 1. The molecule has 0 spiro atoms. The fourth-order valence-electron chi connectivity index (χ4n) is 2.60. The lowest BCUT2D eigenvalue weighted by atomic mass is 10.1. The molecule has 0 aliphatic heterocycles. The van der Waals surface area contributed by atoms with Gasteiger partial charge in [0.1, 0.15) is 24.4 Å². The maximum Gasteiger partial charge on any atom is 0.303 e. The molecule has 0 aromatic rings. The van der Waals surface area contributed by atoms with Crippen LogP contribution >= 0.6 is 0 Å². The molecule has 0 amide bonds. The van der Waals surface area contributed by atoms with Crippen molar-refractivity contribution in [2.45, 2.75) is 121 Å². The molecule has 0 fully saturated rings.